The molecule has 2 aliphatic rings. The van der Waals surface area contributed by atoms with E-state index in [1.165, 1.54) is 12.4 Å². The quantitative estimate of drug-likeness (QED) is 0.863. The smallest absolute Gasteiger partial charge is 0.147 e. The fourth-order valence-corrected chi connectivity index (χ4v) is 4.01. The lowest BCUT2D eigenvalue weighted by Crippen LogP contribution is -2.55. The highest BCUT2D eigenvalue weighted by atomic mass is 19.1. The van der Waals surface area contributed by atoms with E-state index in [0.29, 0.717) is 18.3 Å². The van der Waals surface area contributed by atoms with Gasteiger partial charge in [-0.2, -0.15) is 5.26 Å². The zero-order chi connectivity index (χ0) is 19.1. The normalized spacial score (nSPS) is 26.6. The van der Waals surface area contributed by atoms with Gasteiger partial charge in [0.15, 0.2) is 0 Å². The van der Waals surface area contributed by atoms with Gasteiger partial charge in [-0.15, -0.1) is 0 Å². The molecule has 8 heteroatoms. The highest BCUT2D eigenvalue weighted by Gasteiger charge is 2.43. The number of phenols is 1. The molecule has 2 aromatic rings. The lowest BCUT2D eigenvalue weighted by Gasteiger charge is -2.38. The van der Waals surface area contributed by atoms with E-state index < -0.39 is 12.0 Å². The van der Waals surface area contributed by atoms with Crippen molar-refractivity contribution in [3.8, 4) is 23.1 Å². The average molecular weight is 371 g/mol. The van der Waals surface area contributed by atoms with Crippen LogP contribution in [0.5, 0.6) is 5.75 Å². The zero-order valence-electron chi connectivity index (χ0n) is 14.7. The molecule has 0 amide bonds. The molecule has 2 aliphatic heterocycles. The van der Waals surface area contributed by atoms with Crippen LogP contribution in [-0.2, 0) is 0 Å². The van der Waals surface area contributed by atoms with E-state index in [2.05, 4.69) is 15.3 Å². The molecular weight excluding hydrogens is 352 g/mol. The molecule has 140 valence electrons. The lowest BCUT2D eigenvalue weighted by molar-refractivity contribution is 0.176. The van der Waals surface area contributed by atoms with Gasteiger partial charge in [0.1, 0.15) is 29.6 Å². The van der Waals surface area contributed by atoms with Crippen molar-refractivity contribution in [2.24, 2.45) is 0 Å². The summed E-state index contributed by atoms with van der Waals surface area (Å²) in [6, 6.07) is 3.74. The first-order valence-corrected chi connectivity index (χ1v) is 8.86. The number of hydrogen-bond donors (Lipinski definition) is 2. The third-order valence-corrected chi connectivity index (χ3v) is 5.53. The molecule has 0 radical (unpaired) electrons. The van der Waals surface area contributed by atoms with Crippen LogP contribution >= 0.6 is 0 Å². The predicted molar refractivity (Wildman–Crippen MR) is 95.5 cm³/mol. The third kappa shape index (κ3) is 3.08. The second-order valence-corrected chi connectivity index (χ2v) is 7.13. The molecule has 1 aromatic heterocycles. The Balaban J connectivity index is 1.58. The van der Waals surface area contributed by atoms with Gasteiger partial charge >= 0.3 is 0 Å². The molecule has 1 aromatic carbocycles. The highest BCUT2D eigenvalue weighted by Crippen LogP contribution is 2.34. The van der Waals surface area contributed by atoms with Crippen molar-refractivity contribution in [1.29, 1.82) is 5.26 Å². The first-order chi connectivity index (χ1) is 13.0. The molecule has 0 spiro atoms. The minimum absolute atomic E-state index is 0.109. The Hall–Kier alpha value is -2.79. The summed E-state index contributed by atoms with van der Waals surface area (Å²) in [5, 5.41) is 22.2. The number of aromatic hydroxyl groups is 1. The highest BCUT2D eigenvalue weighted by molar-refractivity contribution is 5.68. The number of fused-ring (bicyclic) bond motifs is 2. The number of aromatic nitrogens is 2. The number of nitrogens with one attached hydrogen (secondary N) is 1. The Morgan fingerprint density at radius 2 is 2.11 bits per heavy atom. The van der Waals surface area contributed by atoms with Crippen LogP contribution in [0.1, 0.15) is 24.8 Å². The topological polar surface area (TPSA) is 85.1 Å². The van der Waals surface area contributed by atoms with Crippen molar-refractivity contribution in [3.63, 3.8) is 0 Å². The van der Waals surface area contributed by atoms with E-state index in [1.54, 1.807) is 18.0 Å². The number of hydrogen-bond acceptors (Lipinski definition) is 6. The van der Waals surface area contributed by atoms with Crippen molar-refractivity contribution < 1.29 is 13.9 Å². The van der Waals surface area contributed by atoms with Crippen LogP contribution in [0.25, 0.3) is 11.3 Å². The van der Waals surface area contributed by atoms with Crippen molar-refractivity contribution in [2.45, 2.75) is 43.6 Å². The fraction of sp³-hybridized carbons (Fsp3) is 0.421. The zero-order valence-corrected chi connectivity index (χ0v) is 14.7. The number of phenolic OH excluding ortho intramolecular Hbond substituents is 1. The number of piperidine rings is 1. The Labute approximate surface area is 155 Å². The largest absolute Gasteiger partial charge is 0.507 e. The molecule has 2 fully saturated rings. The van der Waals surface area contributed by atoms with Crippen LogP contribution in [0.15, 0.2) is 24.5 Å². The maximum atomic E-state index is 14.7. The SMILES string of the molecule is CN(c1cnc(-c2cc(F)c(C#N)cc2O)cn1)[C@H]1CC2CCC(N2)[C@H]1F. The number of rotatable bonds is 3. The maximum absolute atomic E-state index is 14.7. The van der Waals surface area contributed by atoms with Gasteiger partial charge in [0.2, 0.25) is 0 Å². The molecule has 0 aliphatic carbocycles. The van der Waals surface area contributed by atoms with E-state index >= 15 is 0 Å². The van der Waals surface area contributed by atoms with Gasteiger partial charge in [0.05, 0.1) is 29.7 Å². The maximum Gasteiger partial charge on any atom is 0.147 e. The summed E-state index contributed by atoms with van der Waals surface area (Å²) in [5.74, 6) is -0.470. The number of anilines is 1. The van der Waals surface area contributed by atoms with Crippen molar-refractivity contribution >= 4 is 5.82 Å². The number of alkyl halides is 1. The predicted octanol–water partition coefficient (Wildman–Crippen LogP) is 2.53. The average Bonchev–Trinajstić information content (AvgIpc) is 3.09. The molecule has 2 bridgehead atoms. The van der Waals surface area contributed by atoms with E-state index in [0.717, 1.165) is 25.0 Å². The molecule has 4 atom stereocenters. The van der Waals surface area contributed by atoms with E-state index in [1.807, 2.05) is 0 Å². The fourth-order valence-electron chi connectivity index (χ4n) is 4.01. The Bertz CT molecular complexity index is 898. The Kier molecular flexibility index (Phi) is 4.40. The van der Waals surface area contributed by atoms with E-state index in [9.17, 15) is 13.9 Å². The first-order valence-electron chi connectivity index (χ1n) is 8.86. The van der Waals surface area contributed by atoms with Gasteiger partial charge in [-0.3, -0.25) is 4.98 Å². The molecular formula is C19H19F2N5O. The second kappa shape index (κ2) is 6.74. The molecule has 0 saturated carbocycles. The molecule has 4 rings (SSSR count). The second-order valence-electron chi connectivity index (χ2n) is 7.13. The summed E-state index contributed by atoms with van der Waals surface area (Å²) in [7, 11) is 1.80. The summed E-state index contributed by atoms with van der Waals surface area (Å²) in [4.78, 5) is 10.4. The first kappa shape index (κ1) is 17.6. The summed E-state index contributed by atoms with van der Waals surface area (Å²) < 4.78 is 28.6. The van der Waals surface area contributed by atoms with Gasteiger partial charge < -0.3 is 15.3 Å². The van der Waals surface area contributed by atoms with Crippen LogP contribution in [0.3, 0.4) is 0 Å². The molecule has 2 unspecified atom stereocenters. The van der Waals surface area contributed by atoms with Crippen LogP contribution in [0, 0.1) is 17.1 Å². The summed E-state index contributed by atoms with van der Waals surface area (Å²) in [6.45, 7) is 0. The molecule has 3 heterocycles. The summed E-state index contributed by atoms with van der Waals surface area (Å²) in [6.07, 6.45) is 4.47. The van der Waals surface area contributed by atoms with E-state index in [4.69, 9.17) is 5.26 Å². The standard InChI is InChI=1S/C19H19F2N5O/c1-26(16-5-11-2-3-14(25-11)19(16)21)18-9-23-15(8-24-18)12-6-13(20)10(7-22)4-17(12)27/h4,6,8-9,11,14,16,19,25,27H,2-3,5H2,1H3/t11?,14?,16-,19+/m0/s1. The number of halogens is 2. The van der Waals surface area contributed by atoms with Crippen molar-refractivity contribution in [1.82, 2.24) is 15.3 Å². The third-order valence-electron chi connectivity index (χ3n) is 5.53. The van der Waals surface area contributed by atoms with Gasteiger partial charge in [0, 0.05) is 30.8 Å². The summed E-state index contributed by atoms with van der Waals surface area (Å²) in [5.41, 5.74) is 0.182. The van der Waals surface area contributed by atoms with Gasteiger partial charge in [-0.05, 0) is 25.3 Å². The van der Waals surface area contributed by atoms with Crippen molar-refractivity contribution in [2.75, 3.05) is 11.9 Å². The van der Waals surface area contributed by atoms with Crippen LogP contribution in [-0.4, -0.2) is 46.4 Å². The lowest BCUT2D eigenvalue weighted by atomic mass is 9.96. The minimum atomic E-state index is -0.980. The summed E-state index contributed by atoms with van der Waals surface area (Å²) >= 11 is 0. The minimum Gasteiger partial charge on any atom is -0.507 e. The number of benzene rings is 1. The monoisotopic (exact) mass is 371 g/mol. The Morgan fingerprint density at radius 3 is 2.81 bits per heavy atom. The Morgan fingerprint density at radius 1 is 1.30 bits per heavy atom. The van der Waals surface area contributed by atoms with Crippen LogP contribution in [0.4, 0.5) is 14.6 Å². The van der Waals surface area contributed by atoms with E-state index in [-0.39, 0.29) is 34.7 Å². The van der Waals surface area contributed by atoms with Crippen LogP contribution in [0.2, 0.25) is 0 Å². The van der Waals surface area contributed by atoms with Crippen molar-refractivity contribution in [3.05, 3.63) is 35.9 Å². The molecule has 6 nitrogen and oxygen atoms in total. The van der Waals surface area contributed by atoms with Gasteiger partial charge in [0.25, 0.3) is 0 Å². The van der Waals surface area contributed by atoms with Crippen LogP contribution < -0.4 is 10.2 Å². The van der Waals surface area contributed by atoms with Gasteiger partial charge in [-0.25, -0.2) is 13.8 Å². The molecule has 2 N–H and O–H groups in total. The number of nitriles is 1. The van der Waals surface area contributed by atoms with Gasteiger partial charge in [-0.1, -0.05) is 0 Å². The molecule has 2 saturated heterocycles. The molecule has 27 heavy (non-hydrogen) atoms. The number of nitrogens with zero attached hydrogens (tertiary/aromatic N) is 4.